The Labute approximate surface area is 87.4 Å². The van der Waals surface area contributed by atoms with Crippen LogP contribution in [0.3, 0.4) is 0 Å². The monoisotopic (exact) mass is 191 g/mol. The summed E-state index contributed by atoms with van der Waals surface area (Å²) in [5.41, 5.74) is 3.06. The number of aromatic nitrogens is 1. The van der Waals surface area contributed by atoms with E-state index in [9.17, 15) is 0 Å². The molecule has 0 saturated heterocycles. The molecule has 0 saturated carbocycles. The average Bonchev–Trinajstić information content (AvgIpc) is 2.64. The first kappa shape index (κ1) is 11.1. The Kier molecular flexibility index (Phi) is 3.20. The first-order chi connectivity index (χ1) is 6.59. The summed E-state index contributed by atoms with van der Waals surface area (Å²) in [4.78, 5) is 0. The molecule has 0 aromatic carbocycles. The van der Waals surface area contributed by atoms with E-state index in [1.807, 2.05) is 13.8 Å². The van der Waals surface area contributed by atoms with Gasteiger partial charge in [-0.2, -0.15) is 0 Å². The summed E-state index contributed by atoms with van der Waals surface area (Å²) in [6.45, 7) is 10.7. The van der Waals surface area contributed by atoms with Crippen molar-refractivity contribution in [3.63, 3.8) is 0 Å². The van der Waals surface area contributed by atoms with Crippen LogP contribution in [0.5, 0.6) is 0 Å². The van der Waals surface area contributed by atoms with Gasteiger partial charge in [-0.25, -0.2) is 0 Å². The van der Waals surface area contributed by atoms with Crippen molar-refractivity contribution in [2.45, 2.75) is 46.6 Å². The van der Waals surface area contributed by atoms with Gasteiger partial charge in [0.25, 0.3) is 0 Å². The van der Waals surface area contributed by atoms with E-state index >= 15 is 0 Å². The second-order valence-electron chi connectivity index (χ2n) is 4.37. The lowest BCUT2D eigenvalue weighted by Gasteiger charge is -2.23. The molecule has 0 fully saturated rings. The number of fused-ring (bicyclic) bond motifs is 1. The van der Waals surface area contributed by atoms with Gasteiger partial charge < -0.3 is 4.57 Å². The molecule has 0 spiro atoms. The van der Waals surface area contributed by atoms with Crippen LogP contribution >= 0.6 is 0 Å². The van der Waals surface area contributed by atoms with E-state index in [0.717, 1.165) is 6.42 Å². The maximum atomic E-state index is 2.34. The molecule has 1 heterocycles. The third-order valence-electron chi connectivity index (χ3n) is 2.35. The lowest BCUT2D eigenvalue weighted by molar-refractivity contribution is 0.396. The molecule has 1 heteroatoms. The van der Waals surface area contributed by atoms with Gasteiger partial charge in [-0.3, -0.25) is 0 Å². The number of hydrogen-bond donors (Lipinski definition) is 0. The predicted molar refractivity (Wildman–Crippen MR) is 63.5 cm³/mol. The quantitative estimate of drug-likeness (QED) is 0.587. The van der Waals surface area contributed by atoms with E-state index in [2.05, 4.69) is 49.8 Å². The summed E-state index contributed by atoms with van der Waals surface area (Å²) in [6, 6.07) is 2.22. The maximum Gasteiger partial charge on any atom is 0.0444 e. The van der Waals surface area contributed by atoms with Crippen molar-refractivity contribution in [2.75, 3.05) is 0 Å². The van der Waals surface area contributed by atoms with Crippen molar-refractivity contribution in [1.82, 2.24) is 4.57 Å². The van der Waals surface area contributed by atoms with Gasteiger partial charge in [-0.15, -0.1) is 0 Å². The Morgan fingerprint density at radius 2 is 1.86 bits per heavy atom. The van der Waals surface area contributed by atoms with E-state index < -0.39 is 0 Å². The summed E-state index contributed by atoms with van der Waals surface area (Å²) in [5, 5.41) is 0. The van der Waals surface area contributed by atoms with E-state index in [-0.39, 0.29) is 5.54 Å². The Morgan fingerprint density at radius 1 is 1.21 bits per heavy atom. The van der Waals surface area contributed by atoms with Gasteiger partial charge in [-0.1, -0.05) is 19.9 Å². The molecule has 14 heavy (non-hydrogen) atoms. The molecule has 1 aliphatic carbocycles. The van der Waals surface area contributed by atoms with Gasteiger partial charge in [-0.05, 0) is 44.9 Å². The fourth-order valence-electron chi connectivity index (χ4n) is 1.73. The van der Waals surface area contributed by atoms with Crippen LogP contribution in [0.1, 0.15) is 45.9 Å². The van der Waals surface area contributed by atoms with Crippen molar-refractivity contribution in [3.8, 4) is 0 Å². The number of allylic oxidation sites excluding steroid dienone is 1. The summed E-state index contributed by atoms with van der Waals surface area (Å²) in [6.07, 6.45) is 7.75. The van der Waals surface area contributed by atoms with Gasteiger partial charge >= 0.3 is 0 Å². The highest BCUT2D eigenvalue weighted by Crippen LogP contribution is 2.26. The van der Waals surface area contributed by atoms with Crippen molar-refractivity contribution >= 4 is 6.08 Å². The molecule has 1 nitrogen and oxygen atoms in total. The van der Waals surface area contributed by atoms with Crippen LogP contribution in [-0.4, -0.2) is 4.57 Å². The second-order valence-corrected chi connectivity index (χ2v) is 4.37. The van der Waals surface area contributed by atoms with Crippen LogP contribution in [0.15, 0.2) is 18.3 Å². The summed E-state index contributed by atoms with van der Waals surface area (Å²) in [5.74, 6) is 0. The normalized spacial score (nSPS) is 13.5. The van der Waals surface area contributed by atoms with Gasteiger partial charge in [0.15, 0.2) is 0 Å². The molecule has 0 atom stereocenters. The molecule has 2 rings (SSSR count). The van der Waals surface area contributed by atoms with Gasteiger partial charge in [0.1, 0.15) is 0 Å². The van der Waals surface area contributed by atoms with Crippen LogP contribution in [-0.2, 0) is 12.0 Å². The first-order valence-electron chi connectivity index (χ1n) is 5.46. The molecule has 1 aromatic rings. The lowest BCUT2D eigenvalue weighted by atomic mass is 10.1. The van der Waals surface area contributed by atoms with Gasteiger partial charge in [0.05, 0.1) is 0 Å². The van der Waals surface area contributed by atoms with E-state index in [1.165, 1.54) is 11.3 Å². The lowest BCUT2D eigenvalue weighted by Crippen LogP contribution is -2.21. The largest absolute Gasteiger partial charge is 0.342 e. The Balaban J connectivity index is 0.000000461. The molecule has 0 radical (unpaired) electrons. The highest BCUT2D eigenvalue weighted by Gasteiger charge is 2.18. The zero-order valence-corrected chi connectivity index (χ0v) is 9.96. The topological polar surface area (TPSA) is 4.93 Å². The molecule has 0 aliphatic heterocycles. The molecule has 0 N–H and O–H groups in total. The minimum atomic E-state index is 0.211. The molecule has 0 amide bonds. The van der Waals surface area contributed by atoms with Crippen LogP contribution in [0.25, 0.3) is 6.08 Å². The predicted octanol–water partition coefficient (Wildman–Crippen LogP) is 3.84. The van der Waals surface area contributed by atoms with Crippen LogP contribution < -0.4 is 0 Å². The van der Waals surface area contributed by atoms with E-state index in [1.54, 1.807) is 0 Å². The first-order valence-corrected chi connectivity index (χ1v) is 5.46. The van der Waals surface area contributed by atoms with Gasteiger partial charge in [0, 0.05) is 17.4 Å². The van der Waals surface area contributed by atoms with E-state index in [0.29, 0.717) is 0 Å². The third-order valence-corrected chi connectivity index (χ3v) is 2.35. The van der Waals surface area contributed by atoms with E-state index in [4.69, 9.17) is 0 Å². The maximum absolute atomic E-state index is 2.34. The number of rotatable bonds is 0. The van der Waals surface area contributed by atoms with Crippen molar-refractivity contribution in [1.29, 1.82) is 0 Å². The number of hydrogen-bond acceptors (Lipinski definition) is 0. The summed E-state index contributed by atoms with van der Waals surface area (Å²) >= 11 is 0. The standard InChI is InChI=1S/C11H15N.C2H6/c1-11(2,3)12-8-7-9-5-4-6-10(9)12;1-2/h4,6-8H,5H2,1-3H3;1-2H3. The number of nitrogens with zero attached hydrogens (tertiary/aromatic N) is 1. The molecule has 0 unspecified atom stereocenters. The molecule has 1 aromatic heterocycles. The van der Waals surface area contributed by atoms with Crippen molar-refractivity contribution in [3.05, 3.63) is 29.6 Å². The van der Waals surface area contributed by atoms with Crippen molar-refractivity contribution in [2.24, 2.45) is 0 Å². The minimum absolute atomic E-state index is 0.211. The second kappa shape index (κ2) is 4.04. The minimum Gasteiger partial charge on any atom is -0.342 e. The van der Waals surface area contributed by atoms with Crippen LogP contribution in [0.2, 0.25) is 0 Å². The highest BCUT2D eigenvalue weighted by molar-refractivity contribution is 5.57. The van der Waals surface area contributed by atoms with Crippen molar-refractivity contribution < 1.29 is 0 Å². The van der Waals surface area contributed by atoms with Gasteiger partial charge in [0.2, 0.25) is 0 Å². The highest BCUT2D eigenvalue weighted by atomic mass is 15.0. The molecule has 78 valence electrons. The average molecular weight is 191 g/mol. The fraction of sp³-hybridized carbons (Fsp3) is 0.538. The smallest absolute Gasteiger partial charge is 0.0444 e. The zero-order valence-electron chi connectivity index (χ0n) is 9.96. The molecular weight excluding hydrogens is 170 g/mol. The third kappa shape index (κ3) is 1.92. The SMILES string of the molecule is CC.CC(C)(C)n1ccc2c1C=CC2. The van der Waals surface area contributed by atoms with Crippen LogP contribution in [0, 0.1) is 0 Å². The Bertz CT molecular complexity index is 323. The fourth-order valence-corrected chi connectivity index (χ4v) is 1.73. The molecule has 0 bridgehead atoms. The molecular formula is C13H21N. The van der Waals surface area contributed by atoms with Crippen LogP contribution in [0.4, 0.5) is 0 Å². The molecule has 1 aliphatic rings. The summed E-state index contributed by atoms with van der Waals surface area (Å²) in [7, 11) is 0. The Hall–Kier alpha value is -0.980. The Morgan fingerprint density at radius 3 is 2.43 bits per heavy atom. The zero-order chi connectivity index (χ0) is 10.8. The summed E-state index contributed by atoms with van der Waals surface area (Å²) < 4.78 is 2.34.